The third-order valence-electron chi connectivity index (χ3n) is 3.27. The van der Waals surface area contributed by atoms with Gasteiger partial charge in [0.05, 0.1) is 0 Å². The Hall–Kier alpha value is -0.770. The van der Waals surface area contributed by atoms with Crippen molar-refractivity contribution in [3.8, 4) is 0 Å². The Morgan fingerprint density at radius 2 is 2.12 bits per heavy atom. The first-order valence-corrected chi connectivity index (χ1v) is 6.48. The molecule has 1 N–H and O–H groups in total. The first-order chi connectivity index (χ1) is 7.83. The zero-order chi connectivity index (χ0) is 13.1. The van der Waals surface area contributed by atoms with Crippen molar-refractivity contribution in [3.63, 3.8) is 0 Å². The van der Waals surface area contributed by atoms with Gasteiger partial charge in [-0.05, 0) is 53.5 Å². The first kappa shape index (κ1) is 14.3. The Morgan fingerprint density at radius 3 is 2.65 bits per heavy atom. The standard InChI is InChI=1S/C13H26N2O2/c1-10(14-5)11-7-6-8-15(9-11)12(16)17-13(2,3)4/h10-11,14H,6-9H2,1-5H3/t10-,11-/m1/s1. The molecule has 0 radical (unpaired) electrons. The number of amides is 1. The van der Waals surface area contributed by atoms with Crippen LogP contribution in [0.4, 0.5) is 4.79 Å². The number of likely N-dealkylation sites (tertiary alicyclic amines) is 1. The number of piperidine rings is 1. The van der Waals surface area contributed by atoms with E-state index in [1.54, 1.807) is 0 Å². The molecule has 1 amide bonds. The van der Waals surface area contributed by atoms with Crippen molar-refractivity contribution >= 4 is 6.09 Å². The van der Waals surface area contributed by atoms with Gasteiger partial charge < -0.3 is 15.0 Å². The highest BCUT2D eigenvalue weighted by atomic mass is 16.6. The van der Waals surface area contributed by atoms with Gasteiger partial charge in [-0.1, -0.05) is 0 Å². The molecular formula is C13H26N2O2. The van der Waals surface area contributed by atoms with Crippen LogP contribution in [0.25, 0.3) is 0 Å². The summed E-state index contributed by atoms with van der Waals surface area (Å²) < 4.78 is 5.41. The smallest absolute Gasteiger partial charge is 0.410 e. The molecule has 1 aliphatic rings. The Labute approximate surface area is 105 Å². The topological polar surface area (TPSA) is 41.6 Å². The van der Waals surface area contributed by atoms with Crippen LogP contribution >= 0.6 is 0 Å². The molecule has 1 aliphatic heterocycles. The molecule has 1 heterocycles. The summed E-state index contributed by atoms with van der Waals surface area (Å²) >= 11 is 0. The molecule has 0 aromatic carbocycles. The highest BCUT2D eigenvalue weighted by Gasteiger charge is 2.29. The van der Waals surface area contributed by atoms with Crippen LogP contribution in [0.15, 0.2) is 0 Å². The second kappa shape index (κ2) is 5.71. The molecule has 0 bridgehead atoms. The molecule has 4 heteroatoms. The van der Waals surface area contributed by atoms with Crippen molar-refractivity contribution in [3.05, 3.63) is 0 Å². The molecule has 0 aliphatic carbocycles. The van der Waals surface area contributed by atoms with Gasteiger partial charge in [0.1, 0.15) is 5.60 Å². The summed E-state index contributed by atoms with van der Waals surface area (Å²) in [5.41, 5.74) is -0.404. The minimum absolute atomic E-state index is 0.175. The molecule has 1 rings (SSSR count). The van der Waals surface area contributed by atoms with Gasteiger partial charge in [-0.3, -0.25) is 0 Å². The average molecular weight is 242 g/mol. The summed E-state index contributed by atoms with van der Waals surface area (Å²) in [6, 6.07) is 0.445. The van der Waals surface area contributed by atoms with Crippen LogP contribution in [0.1, 0.15) is 40.5 Å². The van der Waals surface area contributed by atoms with Gasteiger partial charge >= 0.3 is 6.09 Å². The molecule has 0 unspecified atom stereocenters. The summed E-state index contributed by atoms with van der Waals surface area (Å²) in [5.74, 6) is 0.529. The second-order valence-corrected chi connectivity index (χ2v) is 5.91. The van der Waals surface area contributed by atoms with E-state index in [2.05, 4.69) is 12.2 Å². The lowest BCUT2D eigenvalue weighted by Gasteiger charge is -2.36. The largest absolute Gasteiger partial charge is 0.444 e. The van der Waals surface area contributed by atoms with Crippen LogP contribution < -0.4 is 5.32 Å². The number of carbonyl (C=O) groups excluding carboxylic acids is 1. The molecule has 4 nitrogen and oxygen atoms in total. The molecule has 0 spiro atoms. The monoisotopic (exact) mass is 242 g/mol. The van der Waals surface area contributed by atoms with E-state index in [1.165, 1.54) is 6.42 Å². The van der Waals surface area contributed by atoms with Crippen LogP contribution in [-0.4, -0.2) is 42.8 Å². The van der Waals surface area contributed by atoms with Crippen molar-refractivity contribution in [1.29, 1.82) is 0 Å². The van der Waals surface area contributed by atoms with Crippen molar-refractivity contribution < 1.29 is 9.53 Å². The van der Waals surface area contributed by atoms with Crippen LogP contribution in [-0.2, 0) is 4.74 Å². The number of ether oxygens (including phenoxy) is 1. The normalized spacial score (nSPS) is 23.4. The van der Waals surface area contributed by atoms with Gasteiger partial charge in [-0.2, -0.15) is 0 Å². The van der Waals surface area contributed by atoms with E-state index in [9.17, 15) is 4.79 Å². The van der Waals surface area contributed by atoms with Crippen molar-refractivity contribution in [2.75, 3.05) is 20.1 Å². The Bertz CT molecular complexity index is 261. The number of hydrogen-bond acceptors (Lipinski definition) is 3. The SMILES string of the molecule is CN[C@H](C)[C@@H]1CCCN(C(=O)OC(C)(C)C)C1. The lowest BCUT2D eigenvalue weighted by Crippen LogP contribution is -2.47. The lowest BCUT2D eigenvalue weighted by molar-refractivity contribution is 0.0150. The van der Waals surface area contributed by atoms with E-state index in [-0.39, 0.29) is 6.09 Å². The van der Waals surface area contributed by atoms with E-state index in [1.807, 2.05) is 32.7 Å². The Morgan fingerprint density at radius 1 is 1.47 bits per heavy atom. The molecule has 17 heavy (non-hydrogen) atoms. The predicted octanol–water partition coefficient (Wildman–Crippen LogP) is 2.24. The van der Waals surface area contributed by atoms with Gasteiger partial charge in [0, 0.05) is 19.1 Å². The van der Waals surface area contributed by atoms with Crippen LogP contribution in [0.3, 0.4) is 0 Å². The van der Waals surface area contributed by atoms with E-state index < -0.39 is 5.60 Å². The lowest BCUT2D eigenvalue weighted by atomic mass is 9.92. The molecule has 0 aromatic rings. The number of carbonyl (C=O) groups is 1. The summed E-state index contributed by atoms with van der Waals surface area (Å²) in [6.45, 7) is 9.51. The third kappa shape index (κ3) is 4.54. The fourth-order valence-corrected chi connectivity index (χ4v) is 2.15. The van der Waals surface area contributed by atoms with Crippen molar-refractivity contribution in [2.45, 2.75) is 52.2 Å². The minimum atomic E-state index is -0.404. The molecular weight excluding hydrogens is 216 g/mol. The fourth-order valence-electron chi connectivity index (χ4n) is 2.15. The zero-order valence-corrected chi connectivity index (χ0v) is 11.7. The molecule has 2 atom stereocenters. The minimum Gasteiger partial charge on any atom is -0.444 e. The predicted molar refractivity (Wildman–Crippen MR) is 69.1 cm³/mol. The molecule has 100 valence electrons. The van der Waals surface area contributed by atoms with Gasteiger partial charge in [-0.25, -0.2) is 4.79 Å². The Kier molecular flexibility index (Phi) is 4.80. The molecule has 1 saturated heterocycles. The number of nitrogens with zero attached hydrogens (tertiary/aromatic N) is 1. The van der Waals surface area contributed by atoms with E-state index >= 15 is 0 Å². The highest BCUT2D eigenvalue weighted by Crippen LogP contribution is 2.21. The fraction of sp³-hybridized carbons (Fsp3) is 0.923. The first-order valence-electron chi connectivity index (χ1n) is 6.48. The van der Waals surface area contributed by atoms with E-state index in [4.69, 9.17) is 4.74 Å². The summed E-state index contributed by atoms with van der Waals surface area (Å²) in [4.78, 5) is 13.8. The van der Waals surface area contributed by atoms with Crippen LogP contribution in [0.5, 0.6) is 0 Å². The Balaban J connectivity index is 2.52. The van der Waals surface area contributed by atoms with Crippen molar-refractivity contribution in [1.82, 2.24) is 10.2 Å². The van der Waals surface area contributed by atoms with E-state index in [0.29, 0.717) is 12.0 Å². The van der Waals surface area contributed by atoms with Gasteiger partial charge in [-0.15, -0.1) is 0 Å². The maximum absolute atomic E-state index is 12.0. The molecule has 0 saturated carbocycles. The summed E-state index contributed by atoms with van der Waals surface area (Å²) in [6.07, 6.45) is 2.07. The molecule has 1 fully saturated rings. The number of rotatable bonds is 2. The zero-order valence-electron chi connectivity index (χ0n) is 11.7. The quantitative estimate of drug-likeness (QED) is 0.807. The maximum Gasteiger partial charge on any atom is 0.410 e. The van der Waals surface area contributed by atoms with Gasteiger partial charge in [0.25, 0.3) is 0 Å². The second-order valence-electron chi connectivity index (χ2n) is 5.91. The molecule has 0 aromatic heterocycles. The average Bonchev–Trinajstić information content (AvgIpc) is 2.26. The summed E-state index contributed by atoms with van der Waals surface area (Å²) in [5, 5.41) is 3.26. The highest BCUT2D eigenvalue weighted by molar-refractivity contribution is 5.68. The number of hydrogen-bond donors (Lipinski definition) is 1. The van der Waals surface area contributed by atoms with E-state index in [0.717, 1.165) is 19.5 Å². The number of nitrogens with one attached hydrogen (secondary N) is 1. The van der Waals surface area contributed by atoms with Gasteiger partial charge in [0.2, 0.25) is 0 Å². The summed E-state index contributed by atoms with van der Waals surface area (Å²) in [7, 11) is 1.97. The van der Waals surface area contributed by atoms with Crippen LogP contribution in [0, 0.1) is 5.92 Å². The van der Waals surface area contributed by atoms with Crippen molar-refractivity contribution in [2.24, 2.45) is 5.92 Å². The maximum atomic E-state index is 12.0. The van der Waals surface area contributed by atoms with Gasteiger partial charge in [0.15, 0.2) is 0 Å². The third-order valence-corrected chi connectivity index (χ3v) is 3.27. The van der Waals surface area contributed by atoms with Crippen LogP contribution in [0.2, 0.25) is 0 Å².